The Balaban J connectivity index is 2.01. The van der Waals surface area contributed by atoms with Gasteiger partial charge in [-0.2, -0.15) is 0 Å². The number of anilines is 2. The van der Waals surface area contributed by atoms with Crippen LogP contribution in [0.5, 0.6) is 0 Å². The minimum atomic E-state index is -1.15. The molecule has 0 radical (unpaired) electrons. The number of benzene rings is 2. The molecule has 9 nitrogen and oxygen atoms in total. The van der Waals surface area contributed by atoms with Crippen LogP contribution < -0.4 is 27.2 Å². The zero-order valence-electron chi connectivity index (χ0n) is 14.3. The number of carbonyl (C=O) groups excluding carboxylic acids is 4. The second kappa shape index (κ2) is 9.56. The molecule has 9 heteroatoms. The first-order chi connectivity index (χ1) is 13.0. The molecule has 27 heavy (non-hydrogen) atoms. The lowest BCUT2D eigenvalue weighted by molar-refractivity contribution is -0.126. The normalized spacial score (nSPS) is 11.0. The Morgan fingerprint density at radius 1 is 0.963 bits per heavy atom. The molecule has 0 spiro atoms. The molecular formula is C18H19N5O4. The molecule has 0 aliphatic carbocycles. The van der Waals surface area contributed by atoms with Gasteiger partial charge in [-0.05, 0) is 36.4 Å². The fraction of sp³-hybridized carbons (Fsp3) is 0.111. The van der Waals surface area contributed by atoms with Crippen LogP contribution in [0.1, 0.15) is 16.8 Å². The van der Waals surface area contributed by atoms with Crippen molar-refractivity contribution in [3.05, 3.63) is 60.2 Å². The zero-order chi connectivity index (χ0) is 19.6. The molecule has 1 unspecified atom stereocenters. The van der Waals surface area contributed by atoms with E-state index in [1.54, 1.807) is 24.3 Å². The van der Waals surface area contributed by atoms with Crippen LogP contribution in [0, 0.1) is 0 Å². The molecule has 6 N–H and O–H groups in total. The van der Waals surface area contributed by atoms with Crippen molar-refractivity contribution in [1.82, 2.24) is 10.7 Å². The fourth-order valence-corrected chi connectivity index (χ4v) is 2.18. The zero-order valence-corrected chi connectivity index (χ0v) is 14.3. The third-order valence-corrected chi connectivity index (χ3v) is 3.50. The Morgan fingerprint density at radius 3 is 2.22 bits per heavy atom. The maximum Gasteiger partial charge on any atom is 0.261 e. The van der Waals surface area contributed by atoms with E-state index in [-0.39, 0.29) is 12.0 Å². The van der Waals surface area contributed by atoms with Gasteiger partial charge in [-0.25, -0.2) is 0 Å². The summed E-state index contributed by atoms with van der Waals surface area (Å²) in [5, 5.41) is 4.92. The van der Waals surface area contributed by atoms with E-state index in [1.807, 2.05) is 6.07 Å². The molecule has 0 saturated heterocycles. The number of para-hydroxylation sites is 1. The molecule has 140 valence electrons. The lowest BCUT2D eigenvalue weighted by Crippen LogP contribution is -2.50. The first-order valence-electron chi connectivity index (χ1n) is 8.00. The predicted molar refractivity (Wildman–Crippen MR) is 99.4 cm³/mol. The number of primary amides is 1. The van der Waals surface area contributed by atoms with Crippen LogP contribution in [-0.2, 0) is 14.4 Å². The highest BCUT2D eigenvalue weighted by atomic mass is 16.2. The second-order valence-corrected chi connectivity index (χ2v) is 5.52. The van der Waals surface area contributed by atoms with Crippen molar-refractivity contribution in [2.45, 2.75) is 12.5 Å². The van der Waals surface area contributed by atoms with Crippen LogP contribution >= 0.6 is 0 Å². The lowest BCUT2D eigenvalue weighted by Gasteiger charge is -2.18. The summed E-state index contributed by atoms with van der Waals surface area (Å²) in [5.41, 5.74) is 11.7. The number of hydrogen-bond acceptors (Lipinski definition) is 5. The fourth-order valence-electron chi connectivity index (χ4n) is 2.18. The van der Waals surface area contributed by atoms with E-state index >= 15 is 0 Å². The van der Waals surface area contributed by atoms with Crippen molar-refractivity contribution in [2.24, 2.45) is 5.73 Å². The lowest BCUT2D eigenvalue weighted by atomic mass is 10.1. The summed E-state index contributed by atoms with van der Waals surface area (Å²) >= 11 is 0. The van der Waals surface area contributed by atoms with Gasteiger partial charge >= 0.3 is 0 Å². The summed E-state index contributed by atoms with van der Waals surface area (Å²) in [6.45, 7) is 0. The Kier molecular flexibility index (Phi) is 6.89. The van der Waals surface area contributed by atoms with E-state index in [0.717, 1.165) is 0 Å². The number of hydrogen-bond donors (Lipinski definition) is 5. The summed E-state index contributed by atoms with van der Waals surface area (Å²) in [6, 6.07) is 13.7. The van der Waals surface area contributed by atoms with Crippen molar-refractivity contribution in [2.75, 3.05) is 10.7 Å². The van der Waals surface area contributed by atoms with Gasteiger partial charge in [0.1, 0.15) is 6.04 Å². The molecular weight excluding hydrogens is 350 g/mol. The van der Waals surface area contributed by atoms with Gasteiger partial charge in [0.25, 0.3) is 11.8 Å². The van der Waals surface area contributed by atoms with Gasteiger partial charge in [0.2, 0.25) is 12.3 Å². The van der Waals surface area contributed by atoms with Crippen LogP contribution in [0.3, 0.4) is 0 Å². The van der Waals surface area contributed by atoms with Gasteiger partial charge < -0.3 is 16.4 Å². The predicted octanol–water partition coefficient (Wildman–Crippen LogP) is 0.372. The molecule has 0 fully saturated rings. The average Bonchev–Trinajstić information content (AvgIpc) is 2.67. The third-order valence-electron chi connectivity index (χ3n) is 3.50. The number of amides is 4. The van der Waals surface area contributed by atoms with E-state index in [4.69, 9.17) is 5.73 Å². The van der Waals surface area contributed by atoms with E-state index in [9.17, 15) is 19.2 Å². The van der Waals surface area contributed by atoms with Gasteiger partial charge in [-0.1, -0.05) is 18.2 Å². The van der Waals surface area contributed by atoms with Crippen molar-refractivity contribution in [3.8, 4) is 0 Å². The molecule has 4 amide bonds. The monoisotopic (exact) mass is 369 g/mol. The third kappa shape index (κ3) is 6.16. The summed E-state index contributed by atoms with van der Waals surface area (Å²) in [4.78, 5) is 46.3. The molecule has 0 aliphatic rings. The first-order valence-corrected chi connectivity index (χ1v) is 8.00. The van der Waals surface area contributed by atoms with Gasteiger partial charge in [-0.3, -0.25) is 30.0 Å². The van der Waals surface area contributed by atoms with Gasteiger partial charge in [0.15, 0.2) is 0 Å². The average molecular weight is 369 g/mol. The minimum Gasteiger partial charge on any atom is -0.370 e. The van der Waals surface area contributed by atoms with E-state index in [2.05, 4.69) is 21.5 Å². The molecule has 0 saturated carbocycles. The van der Waals surface area contributed by atoms with Crippen LogP contribution in [0.15, 0.2) is 54.6 Å². The summed E-state index contributed by atoms with van der Waals surface area (Å²) < 4.78 is 0. The number of hydrazine groups is 1. The number of carbonyl (C=O) groups is 4. The standard InChI is InChI=1S/C18H19N5O4/c19-16(25)10-15(18(27)23-22-14-4-2-1-3-5-14)21-17(26)12-6-8-13(9-7-12)20-11-24/h1-9,11,15,22H,10H2,(H2,19,25)(H,20,24)(H,21,26)(H,23,27). The Bertz CT molecular complexity index is 808. The molecule has 2 rings (SSSR count). The highest BCUT2D eigenvalue weighted by molar-refractivity contribution is 5.99. The molecule has 0 aliphatic heterocycles. The Morgan fingerprint density at radius 2 is 1.63 bits per heavy atom. The van der Waals surface area contributed by atoms with Gasteiger partial charge in [0.05, 0.1) is 12.1 Å². The van der Waals surface area contributed by atoms with E-state index < -0.39 is 23.8 Å². The SMILES string of the molecule is NC(=O)CC(NC(=O)c1ccc(NC=O)cc1)C(=O)NNc1ccccc1. The minimum absolute atomic E-state index is 0.254. The Labute approximate surface area is 155 Å². The van der Waals surface area contributed by atoms with Gasteiger partial charge in [0, 0.05) is 11.3 Å². The van der Waals surface area contributed by atoms with Crippen molar-refractivity contribution in [1.29, 1.82) is 0 Å². The van der Waals surface area contributed by atoms with Gasteiger partial charge in [-0.15, -0.1) is 0 Å². The smallest absolute Gasteiger partial charge is 0.261 e. The van der Waals surface area contributed by atoms with Crippen LogP contribution in [-0.4, -0.2) is 30.2 Å². The summed E-state index contributed by atoms with van der Waals surface area (Å²) in [6.07, 6.45) is 0.154. The van der Waals surface area contributed by atoms with Crippen molar-refractivity contribution >= 4 is 35.5 Å². The molecule has 2 aromatic rings. The summed E-state index contributed by atoms with van der Waals surface area (Å²) in [5.74, 6) is -1.92. The van der Waals surface area contributed by atoms with Crippen molar-refractivity contribution < 1.29 is 19.2 Å². The molecule has 0 bridgehead atoms. The summed E-state index contributed by atoms with van der Waals surface area (Å²) in [7, 11) is 0. The largest absolute Gasteiger partial charge is 0.370 e. The number of nitrogens with two attached hydrogens (primary N) is 1. The molecule has 0 heterocycles. The van der Waals surface area contributed by atoms with Crippen LogP contribution in [0.4, 0.5) is 11.4 Å². The van der Waals surface area contributed by atoms with Crippen molar-refractivity contribution in [3.63, 3.8) is 0 Å². The molecule has 0 aromatic heterocycles. The molecule has 2 aromatic carbocycles. The maximum absolute atomic E-state index is 12.3. The quantitative estimate of drug-likeness (QED) is 0.321. The molecule has 1 atom stereocenters. The highest BCUT2D eigenvalue weighted by Crippen LogP contribution is 2.09. The number of nitrogens with one attached hydrogen (secondary N) is 4. The van der Waals surface area contributed by atoms with Crippen LogP contribution in [0.2, 0.25) is 0 Å². The Hall–Kier alpha value is -3.88. The van der Waals surface area contributed by atoms with Crippen LogP contribution in [0.25, 0.3) is 0 Å². The number of rotatable bonds is 9. The maximum atomic E-state index is 12.3. The highest BCUT2D eigenvalue weighted by Gasteiger charge is 2.23. The first kappa shape index (κ1) is 19.4. The van der Waals surface area contributed by atoms with E-state index in [1.165, 1.54) is 24.3 Å². The second-order valence-electron chi connectivity index (χ2n) is 5.52. The van der Waals surface area contributed by atoms with E-state index in [0.29, 0.717) is 17.8 Å². The topological polar surface area (TPSA) is 142 Å².